The van der Waals surface area contributed by atoms with Crippen molar-refractivity contribution in [2.75, 3.05) is 30.5 Å². The van der Waals surface area contributed by atoms with Gasteiger partial charge in [0.15, 0.2) is 18.1 Å². The van der Waals surface area contributed by atoms with Gasteiger partial charge in [0.2, 0.25) is 0 Å². The number of hydrogen-bond acceptors (Lipinski definition) is 5. The van der Waals surface area contributed by atoms with Crippen molar-refractivity contribution in [3.05, 3.63) is 72.9 Å². The maximum atomic E-state index is 12.2. The predicted octanol–water partition coefficient (Wildman–Crippen LogP) is 4.27. The van der Waals surface area contributed by atoms with Crippen molar-refractivity contribution in [2.24, 2.45) is 0 Å². The van der Waals surface area contributed by atoms with E-state index in [0.717, 1.165) is 18.1 Å². The fourth-order valence-electron chi connectivity index (χ4n) is 2.78. The molecule has 0 saturated heterocycles. The van der Waals surface area contributed by atoms with Crippen LogP contribution in [0.15, 0.2) is 72.9 Å². The summed E-state index contributed by atoms with van der Waals surface area (Å²) in [5, 5.41) is 2.79. The number of ether oxygens (including phenoxy) is 2. The molecule has 0 aliphatic carbocycles. The molecule has 2 aromatic carbocycles. The Morgan fingerprint density at radius 1 is 1.00 bits per heavy atom. The van der Waals surface area contributed by atoms with Crippen LogP contribution in [0.2, 0.25) is 0 Å². The molecule has 6 heteroatoms. The van der Waals surface area contributed by atoms with Crippen molar-refractivity contribution in [1.82, 2.24) is 4.98 Å². The molecule has 1 aromatic heterocycles. The Morgan fingerprint density at radius 2 is 1.71 bits per heavy atom. The van der Waals surface area contributed by atoms with Gasteiger partial charge in [0.1, 0.15) is 5.82 Å². The van der Waals surface area contributed by atoms with Crippen molar-refractivity contribution in [2.45, 2.75) is 6.92 Å². The molecular weight excluding hydrogens is 354 g/mol. The van der Waals surface area contributed by atoms with E-state index < -0.39 is 0 Å². The second-order valence-electron chi connectivity index (χ2n) is 5.97. The highest BCUT2D eigenvalue weighted by atomic mass is 16.5. The van der Waals surface area contributed by atoms with Crippen molar-refractivity contribution in [3.63, 3.8) is 0 Å². The van der Waals surface area contributed by atoms with Crippen molar-refractivity contribution in [3.8, 4) is 11.5 Å². The molecule has 0 bridgehead atoms. The largest absolute Gasteiger partial charge is 0.493 e. The average Bonchev–Trinajstić information content (AvgIpc) is 2.75. The zero-order valence-corrected chi connectivity index (χ0v) is 16.0. The van der Waals surface area contributed by atoms with E-state index >= 15 is 0 Å². The summed E-state index contributed by atoms with van der Waals surface area (Å²) in [7, 11) is 1.56. The van der Waals surface area contributed by atoms with E-state index in [9.17, 15) is 4.79 Å². The number of carbonyl (C=O) groups is 1. The summed E-state index contributed by atoms with van der Waals surface area (Å²) in [6.07, 6.45) is 1.64. The number of pyridine rings is 1. The lowest BCUT2D eigenvalue weighted by molar-refractivity contribution is -0.118. The fourth-order valence-corrected chi connectivity index (χ4v) is 2.78. The van der Waals surface area contributed by atoms with E-state index in [2.05, 4.69) is 22.1 Å². The summed E-state index contributed by atoms with van der Waals surface area (Å²) in [5.74, 6) is 1.66. The van der Waals surface area contributed by atoms with Crippen LogP contribution in [0.3, 0.4) is 0 Å². The molecule has 0 unspecified atom stereocenters. The number of carbonyl (C=O) groups excluding carboxylic acids is 1. The van der Waals surface area contributed by atoms with Gasteiger partial charge in [-0.2, -0.15) is 0 Å². The fraction of sp³-hybridized carbons (Fsp3) is 0.182. The van der Waals surface area contributed by atoms with Crippen LogP contribution in [0, 0.1) is 0 Å². The van der Waals surface area contributed by atoms with Gasteiger partial charge in [-0.1, -0.05) is 30.3 Å². The number of methoxy groups -OCH3 is 1. The van der Waals surface area contributed by atoms with Crippen LogP contribution in [-0.4, -0.2) is 31.2 Å². The summed E-state index contributed by atoms with van der Waals surface area (Å²) in [5.41, 5.74) is 1.68. The summed E-state index contributed by atoms with van der Waals surface area (Å²) < 4.78 is 10.7. The summed E-state index contributed by atoms with van der Waals surface area (Å²) in [4.78, 5) is 18.7. The van der Waals surface area contributed by atoms with Gasteiger partial charge in [0.05, 0.1) is 19.0 Å². The third kappa shape index (κ3) is 4.79. The molecule has 0 aliphatic rings. The zero-order valence-electron chi connectivity index (χ0n) is 16.0. The maximum absolute atomic E-state index is 12.2. The SMILES string of the molecule is CCN(c1ccccc1)c1ccc(NC(=O)COc2ccccc2OC)cn1. The number of amides is 1. The van der Waals surface area contributed by atoms with Gasteiger partial charge in [-0.3, -0.25) is 4.79 Å². The topological polar surface area (TPSA) is 63.7 Å². The monoisotopic (exact) mass is 377 g/mol. The first-order chi connectivity index (χ1) is 13.7. The standard InChI is InChI=1S/C22H23N3O3/c1-3-25(18-9-5-4-6-10-18)21-14-13-17(15-23-21)24-22(26)16-28-20-12-8-7-11-19(20)27-2/h4-15H,3,16H2,1-2H3,(H,24,26). The van der Waals surface area contributed by atoms with E-state index in [1.54, 1.807) is 25.4 Å². The van der Waals surface area contributed by atoms with Gasteiger partial charge in [0.25, 0.3) is 5.91 Å². The Hall–Kier alpha value is -3.54. The molecule has 1 amide bonds. The van der Waals surface area contributed by atoms with E-state index in [1.807, 2.05) is 54.6 Å². The summed E-state index contributed by atoms with van der Waals surface area (Å²) >= 11 is 0. The van der Waals surface area contributed by atoms with Crippen LogP contribution in [0.4, 0.5) is 17.2 Å². The molecule has 0 saturated carbocycles. The Balaban J connectivity index is 1.60. The lowest BCUT2D eigenvalue weighted by Gasteiger charge is -2.22. The minimum Gasteiger partial charge on any atom is -0.493 e. The molecule has 144 valence electrons. The first kappa shape index (κ1) is 19.2. The molecule has 1 N–H and O–H groups in total. The van der Waals surface area contributed by atoms with Crippen molar-refractivity contribution >= 4 is 23.1 Å². The molecule has 6 nitrogen and oxygen atoms in total. The number of hydrogen-bond donors (Lipinski definition) is 1. The maximum Gasteiger partial charge on any atom is 0.262 e. The number of rotatable bonds is 8. The minimum absolute atomic E-state index is 0.118. The van der Waals surface area contributed by atoms with Crippen LogP contribution in [-0.2, 0) is 4.79 Å². The third-order valence-electron chi connectivity index (χ3n) is 4.12. The number of aromatic nitrogens is 1. The summed E-state index contributed by atoms with van der Waals surface area (Å²) in [6, 6.07) is 21.0. The van der Waals surface area contributed by atoms with Gasteiger partial charge in [-0.15, -0.1) is 0 Å². The van der Waals surface area contributed by atoms with Crippen LogP contribution >= 0.6 is 0 Å². The second kappa shape index (κ2) is 9.41. The molecule has 0 spiro atoms. The Kier molecular flexibility index (Phi) is 6.46. The number of nitrogens with zero attached hydrogens (tertiary/aromatic N) is 2. The van der Waals surface area contributed by atoms with Gasteiger partial charge in [-0.25, -0.2) is 4.98 Å². The minimum atomic E-state index is -0.268. The Morgan fingerprint density at radius 3 is 2.36 bits per heavy atom. The number of anilines is 3. The molecule has 0 atom stereocenters. The Bertz CT molecular complexity index is 898. The molecular formula is C22H23N3O3. The molecule has 3 rings (SSSR count). The smallest absolute Gasteiger partial charge is 0.262 e. The lowest BCUT2D eigenvalue weighted by Crippen LogP contribution is -2.21. The van der Waals surface area contributed by atoms with Crippen LogP contribution in [0.25, 0.3) is 0 Å². The lowest BCUT2D eigenvalue weighted by atomic mass is 10.2. The number of nitrogens with one attached hydrogen (secondary N) is 1. The van der Waals surface area contributed by atoms with E-state index in [0.29, 0.717) is 17.2 Å². The summed E-state index contributed by atoms with van der Waals surface area (Å²) in [6.45, 7) is 2.74. The molecule has 0 aliphatic heterocycles. The van der Waals surface area contributed by atoms with Gasteiger partial charge in [0, 0.05) is 12.2 Å². The molecule has 0 fully saturated rings. The quantitative estimate of drug-likeness (QED) is 0.635. The van der Waals surface area contributed by atoms with Gasteiger partial charge >= 0.3 is 0 Å². The first-order valence-electron chi connectivity index (χ1n) is 9.05. The highest BCUT2D eigenvalue weighted by molar-refractivity contribution is 5.91. The van der Waals surface area contributed by atoms with Gasteiger partial charge < -0.3 is 19.7 Å². The third-order valence-corrected chi connectivity index (χ3v) is 4.12. The average molecular weight is 377 g/mol. The first-order valence-corrected chi connectivity index (χ1v) is 9.05. The second-order valence-corrected chi connectivity index (χ2v) is 5.97. The normalized spacial score (nSPS) is 10.2. The van der Waals surface area contributed by atoms with E-state index in [1.165, 1.54) is 0 Å². The van der Waals surface area contributed by atoms with Crippen LogP contribution in [0.1, 0.15) is 6.92 Å². The molecule has 1 heterocycles. The van der Waals surface area contributed by atoms with Crippen LogP contribution in [0.5, 0.6) is 11.5 Å². The molecule has 0 radical (unpaired) electrons. The highest BCUT2D eigenvalue weighted by Crippen LogP contribution is 2.26. The van der Waals surface area contributed by atoms with Crippen molar-refractivity contribution < 1.29 is 14.3 Å². The number of benzene rings is 2. The Labute approximate surface area is 164 Å². The van der Waals surface area contributed by atoms with Gasteiger partial charge in [-0.05, 0) is 43.3 Å². The van der Waals surface area contributed by atoms with E-state index in [-0.39, 0.29) is 12.5 Å². The van der Waals surface area contributed by atoms with E-state index in [4.69, 9.17) is 9.47 Å². The molecule has 28 heavy (non-hydrogen) atoms. The van der Waals surface area contributed by atoms with Crippen molar-refractivity contribution in [1.29, 1.82) is 0 Å². The predicted molar refractivity (Wildman–Crippen MR) is 110 cm³/mol. The zero-order chi connectivity index (χ0) is 19.8. The molecule has 3 aromatic rings. The number of para-hydroxylation sites is 3. The van der Waals surface area contributed by atoms with Crippen LogP contribution < -0.4 is 19.7 Å². The highest BCUT2D eigenvalue weighted by Gasteiger charge is 2.10.